The Bertz CT molecular complexity index is 408. The minimum Gasteiger partial charge on any atom is -0.493 e. The van der Waals surface area contributed by atoms with E-state index < -0.39 is 0 Å². The first-order valence-corrected chi connectivity index (χ1v) is 5.93. The van der Waals surface area contributed by atoms with Crippen molar-refractivity contribution < 1.29 is 13.9 Å². The summed E-state index contributed by atoms with van der Waals surface area (Å²) in [5, 5.41) is 2.53. The van der Waals surface area contributed by atoms with Gasteiger partial charge in [-0.2, -0.15) is 0 Å². The largest absolute Gasteiger partial charge is 0.493 e. The number of ether oxygens (including phenoxy) is 1. The van der Waals surface area contributed by atoms with Crippen molar-refractivity contribution in [3.05, 3.63) is 29.6 Å². The molecule has 4 nitrogen and oxygen atoms in total. The lowest BCUT2D eigenvalue weighted by Crippen LogP contribution is -2.18. The first-order chi connectivity index (χ1) is 8.54. The van der Waals surface area contributed by atoms with Gasteiger partial charge in [-0.3, -0.25) is 4.79 Å². The number of halogens is 1. The van der Waals surface area contributed by atoms with Gasteiger partial charge in [-0.15, -0.1) is 0 Å². The van der Waals surface area contributed by atoms with Gasteiger partial charge in [0, 0.05) is 31.1 Å². The number of benzene rings is 1. The maximum absolute atomic E-state index is 13.1. The highest BCUT2D eigenvalue weighted by molar-refractivity contribution is 5.75. The van der Waals surface area contributed by atoms with Crippen LogP contribution in [0.1, 0.15) is 31.4 Å². The summed E-state index contributed by atoms with van der Waals surface area (Å²) in [7, 11) is 1.59. The van der Waals surface area contributed by atoms with E-state index in [-0.39, 0.29) is 17.8 Å². The van der Waals surface area contributed by atoms with Crippen LogP contribution in [0, 0.1) is 5.82 Å². The molecule has 0 aliphatic heterocycles. The standard InChI is InChI=1S/C13H19FN2O2/c1-9(15)11-6-5-10(14)8-12(11)18-7-3-4-13(17)16-2/h5-6,8-9H,3-4,7,15H2,1-2H3,(H,16,17)/t9-/m1/s1. The highest BCUT2D eigenvalue weighted by atomic mass is 19.1. The number of amides is 1. The predicted octanol–water partition coefficient (Wildman–Crippen LogP) is 1.75. The van der Waals surface area contributed by atoms with E-state index in [1.165, 1.54) is 12.1 Å². The van der Waals surface area contributed by atoms with E-state index in [1.54, 1.807) is 13.1 Å². The van der Waals surface area contributed by atoms with Gasteiger partial charge in [0.1, 0.15) is 11.6 Å². The molecule has 0 bridgehead atoms. The predicted molar refractivity (Wildman–Crippen MR) is 67.8 cm³/mol. The van der Waals surface area contributed by atoms with E-state index >= 15 is 0 Å². The molecule has 0 aromatic heterocycles. The van der Waals surface area contributed by atoms with Gasteiger partial charge >= 0.3 is 0 Å². The molecule has 1 rings (SSSR count). The highest BCUT2D eigenvalue weighted by Crippen LogP contribution is 2.24. The number of hydrogen-bond donors (Lipinski definition) is 2. The van der Waals surface area contributed by atoms with Gasteiger partial charge in [0.25, 0.3) is 0 Å². The van der Waals surface area contributed by atoms with Crippen molar-refractivity contribution in [1.29, 1.82) is 0 Å². The molecule has 5 heteroatoms. The molecule has 100 valence electrons. The quantitative estimate of drug-likeness (QED) is 0.760. The summed E-state index contributed by atoms with van der Waals surface area (Å²) in [4.78, 5) is 11.0. The fourth-order valence-electron chi connectivity index (χ4n) is 1.55. The van der Waals surface area contributed by atoms with Crippen LogP contribution in [0.15, 0.2) is 18.2 Å². The molecule has 1 aromatic rings. The Balaban J connectivity index is 2.55. The van der Waals surface area contributed by atoms with Crippen molar-refractivity contribution in [1.82, 2.24) is 5.32 Å². The molecule has 0 heterocycles. The molecule has 0 spiro atoms. The Kier molecular flexibility index (Phi) is 5.58. The number of carbonyl (C=O) groups excluding carboxylic acids is 1. The molecule has 0 unspecified atom stereocenters. The average molecular weight is 254 g/mol. The molecule has 3 N–H and O–H groups in total. The molecule has 0 fully saturated rings. The van der Waals surface area contributed by atoms with Gasteiger partial charge in [0.15, 0.2) is 0 Å². The van der Waals surface area contributed by atoms with Crippen LogP contribution in [0.3, 0.4) is 0 Å². The molecule has 1 atom stereocenters. The van der Waals surface area contributed by atoms with Gasteiger partial charge < -0.3 is 15.8 Å². The normalized spacial score (nSPS) is 12.0. The fraction of sp³-hybridized carbons (Fsp3) is 0.462. The van der Waals surface area contributed by atoms with Crippen molar-refractivity contribution in [2.75, 3.05) is 13.7 Å². The zero-order valence-corrected chi connectivity index (χ0v) is 10.7. The lowest BCUT2D eigenvalue weighted by molar-refractivity contribution is -0.120. The first-order valence-electron chi connectivity index (χ1n) is 5.93. The van der Waals surface area contributed by atoms with Crippen molar-refractivity contribution in [3.63, 3.8) is 0 Å². The molecular formula is C13H19FN2O2. The highest BCUT2D eigenvalue weighted by Gasteiger charge is 2.09. The molecule has 18 heavy (non-hydrogen) atoms. The monoisotopic (exact) mass is 254 g/mol. The van der Waals surface area contributed by atoms with Crippen molar-refractivity contribution in [2.45, 2.75) is 25.8 Å². The Hall–Kier alpha value is -1.62. The molecular weight excluding hydrogens is 235 g/mol. The Morgan fingerprint density at radius 2 is 2.28 bits per heavy atom. The van der Waals surface area contributed by atoms with E-state index in [0.29, 0.717) is 25.2 Å². The Morgan fingerprint density at radius 3 is 2.89 bits per heavy atom. The summed E-state index contributed by atoms with van der Waals surface area (Å²) in [5.74, 6) is 0.0490. The second-order valence-corrected chi connectivity index (χ2v) is 4.10. The van der Waals surface area contributed by atoms with Crippen LogP contribution in [-0.2, 0) is 4.79 Å². The number of rotatable bonds is 6. The Labute approximate surface area is 106 Å². The molecule has 0 saturated carbocycles. The summed E-state index contributed by atoms with van der Waals surface area (Å²) in [6.45, 7) is 2.17. The number of carbonyl (C=O) groups is 1. The average Bonchev–Trinajstić information content (AvgIpc) is 2.34. The van der Waals surface area contributed by atoms with Crippen LogP contribution in [0.25, 0.3) is 0 Å². The lowest BCUT2D eigenvalue weighted by Gasteiger charge is -2.13. The minimum absolute atomic E-state index is 0.0368. The second-order valence-electron chi connectivity index (χ2n) is 4.10. The van der Waals surface area contributed by atoms with Crippen LogP contribution in [0.2, 0.25) is 0 Å². The smallest absolute Gasteiger partial charge is 0.219 e. The van der Waals surface area contributed by atoms with E-state index in [4.69, 9.17) is 10.5 Å². The lowest BCUT2D eigenvalue weighted by atomic mass is 10.1. The van der Waals surface area contributed by atoms with Crippen LogP contribution in [-0.4, -0.2) is 19.6 Å². The number of nitrogens with one attached hydrogen (secondary N) is 1. The van der Waals surface area contributed by atoms with Crippen LogP contribution in [0.4, 0.5) is 4.39 Å². The van der Waals surface area contributed by atoms with E-state index in [2.05, 4.69) is 5.32 Å². The molecule has 1 amide bonds. The van der Waals surface area contributed by atoms with Gasteiger partial charge in [-0.1, -0.05) is 6.07 Å². The van der Waals surface area contributed by atoms with Gasteiger partial charge in [0.2, 0.25) is 5.91 Å². The Morgan fingerprint density at radius 1 is 1.56 bits per heavy atom. The number of hydrogen-bond acceptors (Lipinski definition) is 3. The zero-order valence-electron chi connectivity index (χ0n) is 10.7. The molecule has 0 aliphatic carbocycles. The summed E-state index contributed by atoms with van der Waals surface area (Å²) < 4.78 is 18.6. The molecule has 0 aliphatic rings. The molecule has 1 aromatic carbocycles. The topological polar surface area (TPSA) is 64.3 Å². The minimum atomic E-state index is -0.360. The maximum atomic E-state index is 13.1. The van der Waals surface area contributed by atoms with Crippen molar-refractivity contribution >= 4 is 5.91 Å². The van der Waals surface area contributed by atoms with E-state index in [0.717, 1.165) is 5.56 Å². The SMILES string of the molecule is CNC(=O)CCCOc1cc(F)ccc1[C@@H](C)N. The summed E-state index contributed by atoms with van der Waals surface area (Å²) in [6, 6.07) is 4.07. The number of nitrogens with two attached hydrogens (primary N) is 1. The van der Waals surface area contributed by atoms with E-state index in [9.17, 15) is 9.18 Å². The zero-order chi connectivity index (χ0) is 13.5. The van der Waals surface area contributed by atoms with Crippen LogP contribution in [0.5, 0.6) is 5.75 Å². The summed E-state index contributed by atoms with van der Waals surface area (Å²) in [5.41, 5.74) is 6.53. The van der Waals surface area contributed by atoms with Crippen LogP contribution < -0.4 is 15.8 Å². The first kappa shape index (κ1) is 14.4. The molecule has 0 radical (unpaired) electrons. The van der Waals surface area contributed by atoms with Crippen LogP contribution >= 0.6 is 0 Å². The molecule has 0 saturated heterocycles. The third-order valence-corrected chi connectivity index (χ3v) is 2.55. The summed E-state index contributed by atoms with van der Waals surface area (Å²) >= 11 is 0. The fourth-order valence-corrected chi connectivity index (χ4v) is 1.55. The third-order valence-electron chi connectivity index (χ3n) is 2.55. The van der Waals surface area contributed by atoms with Gasteiger partial charge in [-0.05, 0) is 19.4 Å². The van der Waals surface area contributed by atoms with Crippen molar-refractivity contribution in [3.8, 4) is 5.75 Å². The van der Waals surface area contributed by atoms with Gasteiger partial charge in [0.05, 0.1) is 6.61 Å². The second kappa shape index (κ2) is 6.96. The summed E-state index contributed by atoms with van der Waals surface area (Å²) in [6.07, 6.45) is 0.966. The maximum Gasteiger partial charge on any atom is 0.219 e. The van der Waals surface area contributed by atoms with Gasteiger partial charge in [-0.25, -0.2) is 4.39 Å². The third kappa shape index (κ3) is 4.33. The van der Waals surface area contributed by atoms with Crippen molar-refractivity contribution in [2.24, 2.45) is 5.73 Å². The van der Waals surface area contributed by atoms with E-state index in [1.807, 2.05) is 6.92 Å².